The first-order valence-electron chi connectivity index (χ1n) is 3.85. The SMILES string of the molecule is CC=C[C@H]1CC[C@@H](C(=O)O)N1. The van der Waals surface area contributed by atoms with Crippen LogP contribution in [0.2, 0.25) is 0 Å². The van der Waals surface area contributed by atoms with Crippen molar-refractivity contribution >= 4 is 5.97 Å². The maximum atomic E-state index is 10.5. The Hall–Kier alpha value is -0.830. The third kappa shape index (κ3) is 2.05. The van der Waals surface area contributed by atoms with Crippen molar-refractivity contribution in [3.05, 3.63) is 12.2 Å². The van der Waals surface area contributed by atoms with Crippen LogP contribution in [0.1, 0.15) is 19.8 Å². The zero-order valence-corrected chi connectivity index (χ0v) is 6.58. The molecule has 1 heterocycles. The van der Waals surface area contributed by atoms with E-state index < -0.39 is 5.97 Å². The highest BCUT2D eigenvalue weighted by Crippen LogP contribution is 2.12. The van der Waals surface area contributed by atoms with Crippen LogP contribution in [0, 0.1) is 0 Å². The Morgan fingerprint density at radius 1 is 1.64 bits per heavy atom. The van der Waals surface area contributed by atoms with Gasteiger partial charge < -0.3 is 5.11 Å². The molecular formula is C8H13NO2. The number of carboxylic acids is 1. The molecule has 3 heteroatoms. The van der Waals surface area contributed by atoms with Crippen LogP contribution in [0.25, 0.3) is 0 Å². The number of allylic oxidation sites excluding steroid dienone is 1. The van der Waals surface area contributed by atoms with Crippen LogP contribution >= 0.6 is 0 Å². The third-order valence-electron chi connectivity index (χ3n) is 1.90. The molecular weight excluding hydrogens is 142 g/mol. The minimum Gasteiger partial charge on any atom is -0.480 e. The highest BCUT2D eigenvalue weighted by Gasteiger charge is 2.26. The number of hydrogen-bond donors (Lipinski definition) is 2. The van der Waals surface area contributed by atoms with E-state index in [9.17, 15) is 4.79 Å². The van der Waals surface area contributed by atoms with Crippen molar-refractivity contribution in [3.8, 4) is 0 Å². The van der Waals surface area contributed by atoms with E-state index >= 15 is 0 Å². The topological polar surface area (TPSA) is 49.3 Å². The Bertz CT molecular complexity index is 177. The summed E-state index contributed by atoms with van der Waals surface area (Å²) in [6.07, 6.45) is 5.62. The summed E-state index contributed by atoms with van der Waals surface area (Å²) in [4.78, 5) is 10.5. The maximum absolute atomic E-state index is 10.5. The molecule has 3 nitrogen and oxygen atoms in total. The van der Waals surface area contributed by atoms with Gasteiger partial charge in [-0.25, -0.2) is 0 Å². The van der Waals surface area contributed by atoms with Gasteiger partial charge in [-0.05, 0) is 19.8 Å². The number of aliphatic carboxylic acids is 1. The average molecular weight is 155 g/mol. The predicted octanol–water partition coefficient (Wildman–Crippen LogP) is 0.768. The molecule has 0 radical (unpaired) electrons. The smallest absolute Gasteiger partial charge is 0.320 e. The minimum absolute atomic E-state index is 0.265. The van der Waals surface area contributed by atoms with Gasteiger partial charge in [0.15, 0.2) is 0 Å². The lowest BCUT2D eigenvalue weighted by atomic mass is 10.2. The fourth-order valence-corrected chi connectivity index (χ4v) is 1.35. The molecule has 2 atom stereocenters. The summed E-state index contributed by atoms with van der Waals surface area (Å²) >= 11 is 0. The number of hydrogen-bond acceptors (Lipinski definition) is 2. The molecule has 0 aromatic rings. The average Bonchev–Trinajstić information content (AvgIpc) is 2.37. The highest BCUT2D eigenvalue weighted by atomic mass is 16.4. The van der Waals surface area contributed by atoms with Crippen LogP contribution in [-0.2, 0) is 4.79 Å². The molecule has 1 fully saturated rings. The molecule has 0 aliphatic carbocycles. The van der Waals surface area contributed by atoms with E-state index in [-0.39, 0.29) is 12.1 Å². The second-order valence-corrected chi connectivity index (χ2v) is 2.77. The fraction of sp³-hybridized carbons (Fsp3) is 0.625. The number of carboxylic acid groups (broad SMARTS) is 1. The van der Waals surface area contributed by atoms with Gasteiger partial charge in [0.05, 0.1) is 0 Å². The van der Waals surface area contributed by atoms with Crippen LogP contribution in [0.5, 0.6) is 0 Å². The minimum atomic E-state index is -0.739. The summed E-state index contributed by atoms with van der Waals surface area (Å²) in [5.74, 6) is -0.739. The molecule has 0 unspecified atom stereocenters. The first kappa shape index (κ1) is 8.27. The van der Waals surface area contributed by atoms with E-state index in [0.29, 0.717) is 0 Å². The van der Waals surface area contributed by atoms with Gasteiger partial charge >= 0.3 is 5.97 Å². The number of carbonyl (C=O) groups is 1. The van der Waals surface area contributed by atoms with E-state index in [1.807, 2.05) is 19.1 Å². The second kappa shape index (κ2) is 3.53. The van der Waals surface area contributed by atoms with E-state index in [2.05, 4.69) is 5.32 Å². The van der Waals surface area contributed by atoms with E-state index in [4.69, 9.17) is 5.11 Å². The Morgan fingerprint density at radius 2 is 2.36 bits per heavy atom. The van der Waals surface area contributed by atoms with Gasteiger partial charge in [-0.2, -0.15) is 0 Å². The summed E-state index contributed by atoms with van der Waals surface area (Å²) in [7, 11) is 0. The van der Waals surface area contributed by atoms with Crippen molar-refractivity contribution in [1.82, 2.24) is 5.32 Å². The second-order valence-electron chi connectivity index (χ2n) is 2.77. The zero-order valence-electron chi connectivity index (χ0n) is 6.58. The molecule has 0 spiro atoms. The van der Waals surface area contributed by atoms with E-state index in [1.165, 1.54) is 0 Å². The van der Waals surface area contributed by atoms with Crippen molar-refractivity contribution in [2.45, 2.75) is 31.8 Å². The molecule has 1 rings (SSSR count). The Balaban J connectivity index is 2.40. The van der Waals surface area contributed by atoms with Gasteiger partial charge in [0.25, 0.3) is 0 Å². The largest absolute Gasteiger partial charge is 0.480 e. The molecule has 0 aromatic heterocycles. The third-order valence-corrected chi connectivity index (χ3v) is 1.90. The summed E-state index contributed by atoms with van der Waals surface area (Å²) in [5.41, 5.74) is 0. The van der Waals surface area contributed by atoms with Crippen LogP contribution in [0.15, 0.2) is 12.2 Å². The van der Waals surface area contributed by atoms with Crippen molar-refractivity contribution in [1.29, 1.82) is 0 Å². The van der Waals surface area contributed by atoms with Gasteiger partial charge in [0.2, 0.25) is 0 Å². The number of nitrogens with one attached hydrogen (secondary N) is 1. The monoisotopic (exact) mass is 155 g/mol. The molecule has 11 heavy (non-hydrogen) atoms. The van der Waals surface area contributed by atoms with Crippen molar-refractivity contribution in [2.24, 2.45) is 0 Å². The lowest BCUT2D eigenvalue weighted by molar-refractivity contribution is -0.139. The molecule has 1 saturated heterocycles. The van der Waals surface area contributed by atoms with Gasteiger partial charge in [-0.15, -0.1) is 0 Å². The van der Waals surface area contributed by atoms with Gasteiger partial charge in [-0.1, -0.05) is 12.2 Å². The zero-order chi connectivity index (χ0) is 8.27. The molecule has 1 aliphatic rings. The molecule has 0 amide bonds. The summed E-state index contributed by atoms with van der Waals surface area (Å²) in [5, 5.41) is 11.6. The lowest BCUT2D eigenvalue weighted by Gasteiger charge is -2.05. The molecule has 62 valence electrons. The van der Waals surface area contributed by atoms with E-state index in [1.54, 1.807) is 0 Å². The quantitative estimate of drug-likeness (QED) is 0.579. The van der Waals surface area contributed by atoms with Crippen LogP contribution < -0.4 is 5.32 Å². The van der Waals surface area contributed by atoms with Crippen LogP contribution in [0.4, 0.5) is 0 Å². The summed E-state index contributed by atoms with van der Waals surface area (Å²) < 4.78 is 0. The van der Waals surface area contributed by atoms with Gasteiger partial charge in [0, 0.05) is 6.04 Å². The molecule has 0 bridgehead atoms. The molecule has 1 aliphatic heterocycles. The highest BCUT2D eigenvalue weighted by molar-refractivity contribution is 5.73. The molecule has 0 aromatic carbocycles. The maximum Gasteiger partial charge on any atom is 0.320 e. The lowest BCUT2D eigenvalue weighted by Crippen LogP contribution is -2.34. The molecule has 2 N–H and O–H groups in total. The first-order chi connectivity index (χ1) is 5.24. The Morgan fingerprint density at radius 3 is 2.82 bits per heavy atom. The van der Waals surface area contributed by atoms with Crippen molar-refractivity contribution in [3.63, 3.8) is 0 Å². The van der Waals surface area contributed by atoms with Crippen molar-refractivity contribution in [2.75, 3.05) is 0 Å². The summed E-state index contributed by atoms with van der Waals surface area (Å²) in [6, 6.07) is -0.0719. The first-order valence-corrected chi connectivity index (χ1v) is 3.85. The van der Waals surface area contributed by atoms with Gasteiger partial charge in [-0.3, -0.25) is 10.1 Å². The Labute approximate surface area is 66.1 Å². The normalized spacial score (nSPS) is 31.4. The summed E-state index contributed by atoms with van der Waals surface area (Å²) in [6.45, 7) is 1.94. The standard InChI is InChI=1S/C8H13NO2/c1-2-3-6-4-5-7(9-6)8(10)11/h2-3,6-7,9H,4-5H2,1H3,(H,10,11)/t6-,7-/m0/s1. The Kier molecular flexibility index (Phi) is 2.65. The van der Waals surface area contributed by atoms with Crippen LogP contribution in [-0.4, -0.2) is 23.2 Å². The fourth-order valence-electron chi connectivity index (χ4n) is 1.35. The van der Waals surface area contributed by atoms with E-state index in [0.717, 1.165) is 12.8 Å². The van der Waals surface area contributed by atoms with Gasteiger partial charge in [0.1, 0.15) is 6.04 Å². The number of rotatable bonds is 2. The predicted molar refractivity (Wildman–Crippen MR) is 42.4 cm³/mol. The van der Waals surface area contributed by atoms with Crippen LogP contribution in [0.3, 0.4) is 0 Å². The van der Waals surface area contributed by atoms with Crippen molar-refractivity contribution < 1.29 is 9.90 Å². The molecule has 0 saturated carbocycles.